The predicted octanol–water partition coefficient (Wildman–Crippen LogP) is 2.96. The lowest BCUT2D eigenvalue weighted by Gasteiger charge is -2.39. The zero-order valence-corrected chi connectivity index (χ0v) is 12.6. The highest BCUT2D eigenvalue weighted by Gasteiger charge is 2.38. The highest BCUT2D eigenvalue weighted by molar-refractivity contribution is 5.80. The Morgan fingerprint density at radius 2 is 1.95 bits per heavy atom. The molecule has 1 aliphatic carbocycles. The Morgan fingerprint density at radius 1 is 1.32 bits per heavy atom. The number of hydrogen-bond donors (Lipinski definition) is 2. The first kappa shape index (κ1) is 16.0. The van der Waals surface area contributed by atoms with E-state index in [4.69, 9.17) is 5.11 Å². The fourth-order valence-corrected chi connectivity index (χ4v) is 2.88. The summed E-state index contributed by atoms with van der Waals surface area (Å²) in [5.41, 5.74) is -0.409. The van der Waals surface area contributed by atoms with E-state index in [0.29, 0.717) is 6.42 Å². The van der Waals surface area contributed by atoms with Gasteiger partial charge < -0.3 is 10.4 Å². The maximum Gasteiger partial charge on any atom is 0.303 e. The molecule has 1 unspecified atom stereocenters. The van der Waals surface area contributed by atoms with Crippen molar-refractivity contribution in [2.24, 2.45) is 11.3 Å². The lowest BCUT2D eigenvalue weighted by atomic mass is 9.68. The van der Waals surface area contributed by atoms with E-state index in [9.17, 15) is 9.59 Å². The summed E-state index contributed by atoms with van der Waals surface area (Å²) in [5.74, 6) is -0.689. The molecule has 1 aliphatic rings. The molecular weight excluding hydrogens is 242 g/mol. The van der Waals surface area contributed by atoms with E-state index in [0.717, 1.165) is 19.3 Å². The van der Waals surface area contributed by atoms with Crippen LogP contribution in [0, 0.1) is 11.3 Å². The van der Waals surface area contributed by atoms with E-state index < -0.39 is 11.5 Å². The third-order valence-corrected chi connectivity index (χ3v) is 4.25. The third-order valence-electron chi connectivity index (χ3n) is 4.25. The van der Waals surface area contributed by atoms with Crippen molar-refractivity contribution in [2.75, 3.05) is 0 Å². The van der Waals surface area contributed by atoms with Crippen molar-refractivity contribution in [3.8, 4) is 0 Å². The molecule has 0 bridgehead atoms. The Bertz CT molecular complexity index is 347. The quantitative estimate of drug-likeness (QED) is 0.806. The maximum atomic E-state index is 12.4. The molecule has 110 valence electrons. The average Bonchev–Trinajstić information content (AvgIpc) is 2.25. The summed E-state index contributed by atoms with van der Waals surface area (Å²) in [7, 11) is 0. The molecule has 0 aromatic heterocycles. The highest BCUT2D eigenvalue weighted by atomic mass is 16.4. The molecule has 2 N–H and O–H groups in total. The van der Waals surface area contributed by atoms with Gasteiger partial charge in [-0.1, -0.05) is 26.7 Å². The Labute approximate surface area is 116 Å². The molecule has 1 saturated carbocycles. The van der Waals surface area contributed by atoms with Gasteiger partial charge in [-0.05, 0) is 38.5 Å². The largest absolute Gasteiger partial charge is 0.481 e. The van der Waals surface area contributed by atoms with Crippen LogP contribution in [0.25, 0.3) is 0 Å². The smallest absolute Gasteiger partial charge is 0.303 e. The number of hydrogen-bond acceptors (Lipinski definition) is 2. The molecular formula is C15H27NO3. The van der Waals surface area contributed by atoms with Crippen molar-refractivity contribution in [3.05, 3.63) is 0 Å². The van der Waals surface area contributed by atoms with Crippen molar-refractivity contribution >= 4 is 11.9 Å². The molecule has 0 heterocycles. The topological polar surface area (TPSA) is 66.4 Å². The van der Waals surface area contributed by atoms with E-state index in [1.165, 1.54) is 6.42 Å². The van der Waals surface area contributed by atoms with E-state index in [1.807, 2.05) is 13.8 Å². The Balaban J connectivity index is 2.60. The summed E-state index contributed by atoms with van der Waals surface area (Å²) < 4.78 is 0. The lowest BCUT2D eigenvalue weighted by molar-refractivity contribution is -0.138. The fourth-order valence-electron chi connectivity index (χ4n) is 2.88. The summed E-state index contributed by atoms with van der Waals surface area (Å²) >= 11 is 0. The van der Waals surface area contributed by atoms with Crippen LogP contribution in [0.1, 0.15) is 66.2 Å². The van der Waals surface area contributed by atoms with E-state index in [2.05, 4.69) is 19.2 Å². The van der Waals surface area contributed by atoms with Crippen LogP contribution in [0.3, 0.4) is 0 Å². The fraction of sp³-hybridized carbons (Fsp3) is 0.867. The summed E-state index contributed by atoms with van der Waals surface area (Å²) in [6.45, 7) is 8.09. The normalized spacial score (nSPS) is 22.8. The van der Waals surface area contributed by atoms with Crippen LogP contribution in [0.2, 0.25) is 0 Å². The van der Waals surface area contributed by atoms with Gasteiger partial charge in [0.2, 0.25) is 5.91 Å². The molecule has 4 heteroatoms. The zero-order chi connectivity index (χ0) is 14.7. The number of nitrogens with one attached hydrogen (secondary N) is 1. The van der Waals surface area contributed by atoms with Crippen LogP contribution >= 0.6 is 0 Å². The molecule has 0 aliphatic heterocycles. The summed E-state index contributed by atoms with van der Waals surface area (Å²) in [5, 5.41) is 11.8. The first-order valence-corrected chi connectivity index (χ1v) is 7.18. The summed E-state index contributed by atoms with van der Waals surface area (Å²) in [6.07, 6.45) is 4.87. The molecule has 0 saturated heterocycles. The maximum absolute atomic E-state index is 12.4. The number of amides is 1. The minimum Gasteiger partial charge on any atom is -0.481 e. The van der Waals surface area contributed by atoms with Crippen molar-refractivity contribution in [1.82, 2.24) is 5.32 Å². The van der Waals surface area contributed by atoms with Gasteiger partial charge in [0.25, 0.3) is 0 Å². The van der Waals surface area contributed by atoms with Gasteiger partial charge in [-0.25, -0.2) is 0 Å². The molecule has 1 atom stereocenters. The van der Waals surface area contributed by atoms with Crippen LogP contribution in [-0.4, -0.2) is 22.5 Å². The minimum atomic E-state index is -0.819. The van der Waals surface area contributed by atoms with Crippen LogP contribution in [0.5, 0.6) is 0 Å². The highest BCUT2D eigenvalue weighted by Crippen LogP contribution is 2.40. The van der Waals surface area contributed by atoms with Gasteiger partial charge >= 0.3 is 5.97 Å². The van der Waals surface area contributed by atoms with E-state index in [-0.39, 0.29) is 23.7 Å². The molecule has 0 spiro atoms. The first-order valence-electron chi connectivity index (χ1n) is 7.18. The number of aliphatic carboxylic acids is 1. The lowest BCUT2D eigenvalue weighted by Crippen LogP contribution is -2.50. The number of carboxylic acids is 1. The average molecular weight is 269 g/mol. The molecule has 0 radical (unpaired) electrons. The Morgan fingerprint density at radius 3 is 2.47 bits per heavy atom. The van der Waals surface area contributed by atoms with Crippen LogP contribution < -0.4 is 5.32 Å². The molecule has 0 aromatic carbocycles. The summed E-state index contributed by atoms with van der Waals surface area (Å²) in [6, 6.07) is 0. The van der Waals surface area contributed by atoms with Crippen molar-refractivity contribution in [1.29, 1.82) is 0 Å². The van der Waals surface area contributed by atoms with E-state index >= 15 is 0 Å². The first-order chi connectivity index (χ1) is 8.64. The number of carbonyl (C=O) groups is 2. The Hall–Kier alpha value is -1.06. The molecule has 1 amide bonds. The molecule has 4 nitrogen and oxygen atoms in total. The van der Waals surface area contributed by atoms with Gasteiger partial charge in [0, 0.05) is 17.9 Å². The Kier molecular flexibility index (Phi) is 4.99. The number of carboxylic acid groups (broad SMARTS) is 1. The van der Waals surface area contributed by atoms with E-state index in [1.54, 1.807) is 0 Å². The van der Waals surface area contributed by atoms with Crippen molar-refractivity contribution in [3.63, 3.8) is 0 Å². The van der Waals surface area contributed by atoms with Crippen LogP contribution in [0.15, 0.2) is 0 Å². The van der Waals surface area contributed by atoms with Gasteiger partial charge in [-0.3, -0.25) is 9.59 Å². The van der Waals surface area contributed by atoms with Crippen LogP contribution in [-0.2, 0) is 9.59 Å². The second kappa shape index (κ2) is 5.93. The number of carbonyl (C=O) groups excluding carboxylic acids is 1. The standard InChI is InChI=1S/C15H27NO3/c1-14(2)9-6-5-7-11(14)13(19)16-15(3,4)10-8-12(17)18/h11H,5-10H2,1-4H3,(H,16,19)(H,17,18). The monoisotopic (exact) mass is 269 g/mol. The molecule has 1 rings (SSSR count). The van der Waals surface area contributed by atoms with Gasteiger partial charge in [-0.15, -0.1) is 0 Å². The third kappa shape index (κ3) is 4.84. The zero-order valence-electron chi connectivity index (χ0n) is 12.6. The molecule has 1 fully saturated rings. The number of rotatable bonds is 5. The predicted molar refractivity (Wildman–Crippen MR) is 74.8 cm³/mol. The molecule has 0 aromatic rings. The van der Waals surface area contributed by atoms with Crippen molar-refractivity contribution < 1.29 is 14.7 Å². The van der Waals surface area contributed by atoms with Crippen molar-refractivity contribution in [2.45, 2.75) is 71.8 Å². The second-order valence-corrected chi connectivity index (χ2v) is 7.05. The van der Waals surface area contributed by atoms with Gasteiger partial charge in [0.15, 0.2) is 0 Å². The van der Waals surface area contributed by atoms with Gasteiger partial charge in [-0.2, -0.15) is 0 Å². The van der Waals surface area contributed by atoms with Crippen LogP contribution in [0.4, 0.5) is 0 Å². The minimum absolute atomic E-state index is 0.0466. The van der Waals surface area contributed by atoms with Gasteiger partial charge in [0.05, 0.1) is 0 Å². The second-order valence-electron chi connectivity index (χ2n) is 7.05. The summed E-state index contributed by atoms with van der Waals surface area (Å²) in [4.78, 5) is 23.0. The SMILES string of the molecule is CC(C)(CCC(=O)O)NC(=O)C1CCCCC1(C)C. The molecule has 19 heavy (non-hydrogen) atoms. The van der Waals surface area contributed by atoms with Gasteiger partial charge in [0.1, 0.15) is 0 Å².